The molecular weight excluding hydrogens is 398 g/mol. The van der Waals surface area contributed by atoms with E-state index >= 15 is 0 Å². The van der Waals surface area contributed by atoms with Gasteiger partial charge in [-0.1, -0.05) is 42.5 Å². The van der Waals surface area contributed by atoms with E-state index in [1.54, 1.807) is 43.1 Å². The fourth-order valence-corrected chi connectivity index (χ4v) is 3.22. The Hall–Kier alpha value is -3.88. The molecule has 0 saturated carbocycles. The Balaban J connectivity index is 1.48. The fraction of sp³-hybridized carbons (Fsp3) is 0.273. The first-order valence-corrected chi connectivity index (χ1v) is 9.85. The zero-order valence-electron chi connectivity index (χ0n) is 17.4. The van der Waals surface area contributed by atoms with Crippen LogP contribution in [0.25, 0.3) is 0 Å². The molecule has 0 bridgehead atoms. The monoisotopic (exact) mass is 423 g/mol. The number of hydrogen-bond donors (Lipinski definition) is 4. The summed E-state index contributed by atoms with van der Waals surface area (Å²) in [6, 6.07) is 15.5. The van der Waals surface area contributed by atoms with Crippen molar-refractivity contribution in [3.63, 3.8) is 0 Å². The van der Waals surface area contributed by atoms with Gasteiger partial charge in [-0.3, -0.25) is 14.9 Å². The number of benzene rings is 2. The second kappa shape index (κ2) is 9.29. The van der Waals surface area contributed by atoms with Gasteiger partial charge in [-0.15, -0.1) is 0 Å². The van der Waals surface area contributed by atoms with Gasteiger partial charge in [-0.2, -0.15) is 0 Å². The van der Waals surface area contributed by atoms with Crippen molar-refractivity contribution in [3.05, 3.63) is 65.7 Å². The van der Waals surface area contributed by atoms with E-state index in [1.165, 1.54) is 0 Å². The molecule has 6 amide bonds. The number of nitrogens with zero attached hydrogens (tertiary/aromatic N) is 1. The smallest absolute Gasteiger partial charge is 0.322 e. The largest absolute Gasteiger partial charge is 0.337 e. The molecule has 9 nitrogen and oxygen atoms in total. The van der Waals surface area contributed by atoms with E-state index in [4.69, 9.17) is 0 Å². The van der Waals surface area contributed by atoms with Gasteiger partial charge in [0.1, 0.15) is 5.54 Å². The molecule has 0 aliphatic carbocycles. The molecule has 1 unspecified atom stereocenters. The molecule has 2 aromatic rings. The van der Waals surface area contributed by atoms with Gasteiger partial charge >= 0.3 is 12.1 Å². The number of carbonyl (C=O) groups is 4. The third-order valence-electron chi connectivity index (χ3n) is 5.01. The number of imide groups is 1. The molecule has 1 aliphatic rings. The van der Waals surface area contributed by atoms with Crippen molar-refractivity contribution >= 4 is 29.6 Å². The van der Waals surface area contributed by atoms with Gasteiger partial charge in [0.15, 0.2) is 0 Å². The molecule has 3 rings (SSSR count). The van der Waals surface area contributed by atoms with Crippen LogP contribution in [0.1, 0.15) is 24.5 Å². The molecule has 1 saturated heterocycles. The Morgan fingerprint density at radius 1 is 1.06 bits per heavy atom. The van der Waals surface area contributed by atoms with Gasteiger partial charge in [0.25, 0.3) is 5.91 Å². The maximum absolute atomic E-state index is 12.3. The number of carbonyl (C=O) groups excluding carboxylic acids is 4. The predicted molar refractivity (Wildman–Crippen MR) is 115 cm³/mol. The van der Waals surface area contributed by atoms with Crippen LogP contribution in [0.15, 0.2) is 54.6 Å². The number of rotatable bonds is 7. The Kier molecular flexibility index (Phi) is 6.54. The third-order valence-corrected chi connectivity index (χ3v) is 5.01. The molecular formula is C22H25N5O4. The van der Waals surface area contributed by atoms with Crippen LogP contribution in [0.4, 0.5) is 15.3 Å². The van der Waals surface area contributed by atoms with Crippen molar-refractivity contribution < 1.29 is 19.2 Å². The summed E-state index contributed by atoms with van der Waals surface area (Å²) in [6.45, 7) is 2.24. The SMILES string of the molecule is CN(Cc1ccccc1)C(=O)NCCC(=O)Nc1cccc(C2(C)NC(=O)NC2=O)c1. The van der Waals surface area contributed by atoms with Gasteiger partial charge in [-0.05, 0) is 30.2 Å². The van der Waals surface area contributed by atoms with Gasteiger partial charge in [0, 0.05) is 32.2 Å². The van der Waals surface area contributed by atoms with Crippen molar-refractivity contribution in [1.82, 2.24) is 20.9 Å². The van der Waals surface area contributed by atoms with Crippen molar-refractivity contribution in [2.75, 3.05) is 18.9 Å². The lowest BCUT2D eigenvalue weighted by atomic mass is 9.92. The average molecular weight is 423 g/mol. The molecule has 0 spiro atoms. The average Bonchev–Trinajstić information content (AvgIpc) is 3.01. The molecule has 1 atom stereocenters. The summed E-state index contributed by atoms with van der Waals surface area (Å²) in [5.41, 5.74) is 0.850. The maximum Gasteiger partial charge on any atom is 0.322 e. The van der Waals surface area contributed by atoms with Crippen LogP contribution in [0, 0.1) is 0 Å². The molecule has 0 radical (unpaired) electrons. The molecule has 4 N–H and O–H groups in total. The highest BCUT2D eigenvalue weighted by Gasteiger charge is 2.43. The minimum atomic E-state index is -1.20. The summed E-state index contributed by atoms with van der Waals surface area (Å²) in [5, 5.41) is 10.3. The molecule has 162 valence electrons. The van der Waals surface area contributed by atoms with E-state index in [9.17, 15) is 19.2 Å². The van der Waals surface area contributed by atoms with Crippen molar-refractivity contribution in [2.45, 2.75) is 25.4 Å². The second-order valence-electron chi connectivity index (χ2n) is 7.49. The van der Waals surface area contributed by atoms with E-state index in [2.05, 4.69) is 21.3 Å². The highest BCUT2D eigenvalue weighted by molar-refractivity contribution is 6.07. The molecule has 2 aromatic carbocycles. The third kappa shape index (κ3) is 5.39. The van der Waals surface area contributed by atoms with E-state index in [1.807, 2.05) is 30.3 Å². The van der Waals surface area contributed by atoms with Gasteiger partial charge in [0.2, 0.25) is 5.91 Å². The highest BCUT2D eigenvalue weighted by Crippen LogP contribution is 2.26. The zero-order valence-corrected chi connectivity index (χ0v) is 17.4. The minimum absolute atomic E-state index is 0.0869. The minimum Gasteiger partial charge on any atom is -0.337 e. The summed E-state index contributed by atoms with van der Waals surface area (Å²) in [4.78, 5) is 49.5. The fourth-order valence-electron chi connectivity index (χ4n) is 3.22. The first kappa shape index (κ1) is 21.8. The van der Waals surface area contributed by atoms with E-state index in [-0.39, 0.29) is 24.9 Å². The summed E-state index contributed by atoms with van der Waals surface area (Å²) in [5.74, 6) is -0.739. The Morgan fingerprint density at radius 2 is 1.81 bits per heavy atom. The maximum atomic E-state index is 12.3. The number of hydrogen-bond acceptors (Lipinski definition) is 4. The van der Waals surface area contributed by atoms with E-state index in [0.717, 1.165) is 5.56 Å². The van der Waals surface area contributed by atoms with E-state index < -0.39 is 17.5 Å². The zero-order chi connectivity index (χ0) is 22.4. The standard InChI is InChI=1S/C22H25N5O4/c1-22(19(29)25-20(30)26-22)16-9-6-10-17(13-16)24-18(28)11-12-23-21(31)27(2)14-15-7-4-3-5-8-15/h3-10,13H,11-12,14H2,1-2H3,(H,23,31)(H,24,28)(H2,25,26,29,30). The topological polar surface area (TPSA) is 120 Å². The Morgan fingerprint density at radius 3 is 2.48 bits per heavy atom. The Labute approximate surface area is 180 Å². The van der Waals surface area contributed by atoms with Crippen LogP contribution < -0.4 is 21.3 Å². The lowest BCUT2D eigenvalue weighted by Crippen LogP contribution is -2.40. The summed E-state index contributed by atoms with van der Waals surface area (Å²) >= 11 is 0. The number of urea groups is 2. The van der Waals surface area contributed by atoms with Gasteiger partial charge in [-0.25, -0.2) is 9.59 Å². The second-order valence-corrected chi connectivity index (χ2v) is 7.49. The molecule has 9 heteroatoms. The van der Waals surface area contributed by atoms with E-state index in [0.29, 0.717) is 17.8 Å². The quantitative estimate of drug-likeness (QED) is 0.509. The summed E-state index contributed by atoms with van der Waals surface area (Å²) < 4.78 is 0. The first-order valence-electron chi connectivity index (χ1n) is 9.85. The molecule has 31 heavy (non-hydrogen) atoms. The van der Waals surface area contributed by atoms with Crippen molar-refractivity contribution in [1.29, 1.82) is 0 Å². The highest BCUT2D eigenvalue weighted by atomic mass is 16.2. The normalized spacial score (nSPS) is 17.5. The Bertz CT molecular complexity index is 994. The van der Waals surface area contributed by atoms with Crippen molar-refractivity contribution in [2.24, 2.45) is 0 Å². The van der Waals surface area contributed by atoms with Crippen LogP contribution in [0.3, 0.4) is 0 Å². The van der Waals surface area contributed by atoms with Crippen LogP contribution in [-0.4, -0.2) is 42.4 Å². The van der Waals surface area contributed by atoms with Crippen molar-refractivity contribution in [3.8, 4) is 0 Å². The lowest BCUT2D eigenvalue weighted by molar-refractivity contribution is -0.123. The first-order chi connectivity index (χ1) is 14.8. The molecule has 1 heterocycles. The number of amides is 6. The van der Waals surface area contributed by atoms with Crippen LogP contribution in [-0.2, 0) is 21.7 Å². The van der Waals surface area contributed by atoms with Crippen LogP contribution in [0.5, 0.6) is 0 Å². The predicted octanol–water partition coefficient (Wildman–Crippen LogP) is 1.91. The van der Waals surface area contributed by atoms with Gasteiger partial charge in [0.05, 0.1) is 0 Å². The number of anilines is 1. The molecule has 0 aromatic heterocycles. The molecule has 1 fully saturated rings. The lowest BCUT2D eigenvalue weighted by Gasteiger charge is -2.21. The van der Waals surface area contributed by atoms with Crippen LogP contribution >= 0.6 is 0 Å². The number of nitrogens with one attached hydrogen (secondary N) is 4. The molecule has 1 aliphatic heterocycles. The van der Waals surface area contributed by atoms with Crippen LogP contribution in [0.2, 0.25) is 0 Å². The summed E-state index contributed by atoms with van der Waals surface area (Å²) in [6.07, 6.45) is 0.0869. The summed E-state index contributed by atoms with van der Waals surface area (Å²) in [7, 11) is 1.69. The van der Waals surface area contributed by atoms with Gasteiger partial charge < -0.3 is 20.9 Å².